The van der Waals surface area contributed by atoms with Crippen LogP contribution in [-0.4, -0.2) is 47.9 Å². The topological polar surface area (TPSA) is 106 Å². The summed E-state index contributed by atoms with van der Waals surface area (Å²) in [5.74, 6) is 6.34. The number of nitrogen functional groups attached to an aromatic ring is 1. The number of methoxy groups -OCH3 is 1. The average molecular weight is 272 g/mol. The minimum absolute atomic E-state index is 0.262. The van der Waals surface area contributed by atoms with Crippen molar-refractivity contribution in [1.29, 1.82) is 0 Å². The molecule has 0 fully saturated rings. The van der Waals surface area contributed by atoms with Crippen molar-refractivity contribution in [3.05, 3.63) is 0 Å². The molecule has 8 nitrogen and oxygen atoms in total. The number of hydrazine groups is 1. The van der Waals surface area contributed by atoms with E-state index in [1.807, 2.05) is 14.1 Å². The number of carbonyl (C=O) groups excluding carboxylic acids is 1. The molecule has 0 unspecified atom stereocenters. The van der Waals surface area contributed by atoms with Crippen LogP contribution in [0.15, 0.2) is 5.16 Å². The van der Waals surface area contributed by atoms with Crippen molar-refractivity contribution in [3.8, 4) is 0 Å². The maximum Gasteiger partial charge on any atom is 0.306 e. The van der Waals surface area contributed by atoms with Gasteiger partial charge in [0, 0.05) is 19.8 Å². The van der Waals surface area contributed by atoms with Crippen LogP contribution < -0.4 is 16.2 Å². The molecule has 0 saturated heterocycles. The van der Waals surface area contributed by atoms with E-state index in [-0.39, 0.29) is 11.9 Å². The first kappa shape index (κ1) is 14.5. The van der Waals surface area contributed by atoms with Crippen LogP contribution in [0.25, 0.3) is 0 Å². The van der Waals surface area contributed by atoms with E-state index in [4.69, 9.17) is 5.84 Å². The van der Waals surface area contributed by atoms with Crippen LogP contribution in [0.1, 0.15) is 6.42 Å². The van der Waals surface area contributed by atoms with Gasteiger partial charge in [-0.25, -0.2) is 5.84 Å². The number of rotatable bonds is 6. The molecule has 9 heteroatoms. The van der Waals surface area contributed by atoms with Gasteiger partial charge in [-0.3, -0.25) is 10.2 Å². The molecule has 100 valence electrons. The monoisotopic (exact) mass is 272 g/mol. The summed E-state index contributed by atoms with van der Waals surface area (Å²) < 4.78 is 4.55. The first-order valence-electron chi connectivity index (χ1n) is 5.16. The molecule has 1 aromatic heterocycles. The van der Waals surface area contributed by atoms with Gasteiger partial charge in [0.25, 0.3) is 0 Å². The van der Waals surface area contributed by atoms with Gasteiger partial charge >= 0.3 is 5.97 Å². The van der Waals surface area contributed by atoms with E-state index >= 15 is 0 Å². The average Bonchev–Trinajstić information content (AvgIpc) is 2.37. The van der Waals surface area contributed by atoms with E-state index in [0.717, 1.165) is 0 Å². The highest BCUT2D eigenvalue weighted by molar-refractivity contribution is 7.99. The fourth-order valence-electron chi connectivity index (χ4n) is 1.00. The zero-order valence-corrected chi connectivity index (χ0v) is 11.3. The summed E-state index contributed by atoms with van der Waals surface area (Å²) in [6.45, 7) is 0. The van der Waals surface area contributed by atoms with E-state index in [9.17, 15) is 4.79 Å². The summed E-state index contributed by atoms with van der Waals surface area (Å²) in [7, 11) is 4.99. The lowest BCUT2D eigenvalue weighted by molar-refractivity contribution is -0.140. The minimum atomic E-state index is -0.262. The summed E-state index contributed by atoms with van der Waals surface area (Å²) >= 11 is 1.34. The van der Waals surface area contributed by atoms with Crippen molar-refractivity contribution in [3.63, 3.8) is 0 Å². The van der Waals surface area contributed by atoms with Gasteiger partial charge in [-0.2, -0.15) is 15.0 Å². The molecule has 1 heterocycles. The number of hydrogen-bond donors (Lipinski definition) is 2. The van der Waals surface area contributed by atoms with E-state index in [2.05, 4.69) is 25.1 Å². The SMILES string of the molecule is COC(=O)CCSc1nc(NN)nc(N(C)C)n1. The lowest BCUT2D eigenvalue weighted by Gasteiger charge is -2.11. The molecule has 3 N–H and O–H groups in total. The fraction of sp³-hybridized carbons (Fsp3) is 0.556. The first-order valence-corrected chi connectivity index (χ1v) is 6.15. The Morgan fingerprint density at radius 2 is 2.17 bits per heavy atom. The number of carbonyl (C=O) groups is 1. The number of anilines is 2. The van der Waals surface area contributed by atoms with Gasteiger partial charge in [0.15, 0.2) is 5.16 Å². The predicted molar refractivity (Wildman–Crippen MR) is 69.3 cm³/mol. The van der Waals surface area contributed by atoms with Crippen LogP contribution in [0.3, 0.4) is 0 Å². The third-order valence-electron chi connectivity index (χ3n) is 1.90. The largest absolute Gasteiger partial charge is 0.469 e. The lowest BCUT2D eigenvalue weighted by Crippen LogP contribution is -2.18. The molecule has 0 bridgehead atoms. The fourth-order valence-corrected chi connectivity index (χ4v) is 1.75. The van der Waals surface area contributed by atoms with Crippen molar-refractivity contribution in [1.82, 2.24) is 15.0 Å². The Labute approximate surface area is 109 Å². The zero-order valence-electron chi connectivity index (χ0n) is 10.5. The maximum absolute atomic E-state index is 11.0. The van der Waals surface area contributed by atoms with Crippen molar-refractivity contribution in [2.24, 2.45) is 5.84 Å². The van der Waals surface area contributed by atoms with Gasteiger partial charge in [0.2, 0.25) is 11.9 Å². The third-order valence-corrected chi connectivity index (χ3v) is 2.75. The zero-order chi connectivity index (χ0) is 13.5. The van der Waals surface area contributed by atoms with Crippen molar-refractivity contribution >= 4 is 29.6 Å². The van der Waals surface area contributed by atoms with Crippen LogP contribution in [0.2, 0.25) is 0 Å². The molecule has 0 aliphatic heterocycles. The number of nitrogens with one attached hydrogen (secondary N) is 1. The standard InChI is InChI=1S/C9H16N6O2S/c1-15(2)8-11-7(14-10)12-9(13-8)18-5-4-6(16)17-3/h4-5,10H2,1-3H3,(H,11,12,13,14). The molecule has 0 aromatic carbocycles. The number of nitrogens with zero attached hydrogens (tertiary/aromatic N) is 4. The molecule has 0 saturated carbocycles. The van der Waals surface area contributed by atoms with Gasteiger partial charge in [-0.05, 0) is 0 Å². The van der Waals surface area contributed by atoms with E-state index in [0.29, 0.717) is 23.3 Å². The highest BCUT2D eigenvalue weighted by atomic mass is 32.2. The summed E-state index contributed by atoms with van der Waals surface area (Å²) in [4.78, 5) is 25.1. The Morgan fingerprint density at radius 3 is 2.72 bits per heavy atom. The Kier molecular flexibility index (Phi) is 5.59. The molecule has 18 heavy (non-hydrogen) atoms. The molecular weight excluding hydrogens is 256 g/mol. The molecule has 0 aliphatic rings. The second-order valence-corrected chi connectivity index (χ2v) is 4.52. The second-order valence-electron chi connectivity index (χ2n) is 3.45. The van der Waals surface area contributed by atoms with Crippen molar-refractivity contribution in [2.75, 3.05) is 37.3 Å². The molecule has 0 radical (unpaired) electrons. The summed E-state index contributed by atoms with van der Waals surface area (Å²) in [6, 6.07) is 0. The Balaban J connectivity index is 2.69. The number of thioether (sulfide) groups is 1. The van der Waals surface area contributed by atoms with E-state index < -0.39 is 0 Å². The lowest BCUT2D eigenvalue weighted by atomic mass is 10.5. The predicted octanol–water partition coefficient (Wildman–Crippen LogP) is -0.122. The van der Waals surface area contributed by atoms with E-state index in [1.54, 1.807) is 4.90 Å². The summed E-state index contributed by atoms with van der Waals surface area (Å²) in [5, 5.41) is 0.505. The molecule has 1 aromatic rings. The second kappa shape index (κ2) is 6.97. The van der Waals surface area contributed by atoms with Crippen molar-refractivity contribution in [2.45, 2.75) is 11.6 Å². The third kappa shape index (κ3) is 4.34. The van der Waals surface area contributed by atoms with Gasteiger partial charge in [-0.1, -0.05) is 11.8 Å². The number of aromatic nitrogens is 3. The van der Waals surface area contributed by atoms with Gasteiger partial charge in [-0.15, -0.1) is 0 Å². The number of nitrogens with two attached hydrogens (primary N) is 1. The van der Waals surface area contributed by atoms with Crippen LogP contribution in [0.5, 0.6) is 0 Å². The van der Waals surface area contributed by atoms with Crippen LogP contribution in [0, 0.1) is 0 Å². The smallest absolute Gasteiger partial charge is 0.306 e. The molecule has 0 atom stereocenters. The quantitative estimate of drug-likeness (QED) is 0.317. The molecule has 0 aliphatic carbocycles. The normalized spacial score (nSPS) is 10.0. The Hall–Kier alpha value is -1.61. The Bertz CT molecular complexity index is 414. The number of hydrogen-bond acceptors (Lipinski definition) is 9. The minimum Gasteiger partial charge on any atom is -0.469 e. The summed E-state index contributed by atoms with van der Waals surface area (Å²) in [6.07, 6.45) is 0.301. The highest BCUT2D eigenvalue weighted by Crippen LogP contribution is 2.18. The molecule has 0 amide bonds. The van der Waals surface area contributed by atoms with Crippen LogP contribution >= 0.6 is 11.8 Å². The number of esters is 1. The van der Waals surface area contributed by atoms with E-state index in [1.165, 1.54) is 18.9 Å². The Morgan fingerprint density at radius 1 is 1.44 bits per heavy atom. The first-order chi connectivity index (χ1) is 8.56. The van der Waals surface area contributed by atoms with Gasteiger partial charge in [0.05, 0.1) is 13.5 Å². The summed E-state index contributed by atoms with van der Waals surface area (Å²) in [5.41, 5.74) is 2.38. The van der Waals surface area contributed by atoms with Gasteiger partial charge < -0.3 is 9.64 Å². The molecule has 1 rings (SSSR count). The van der Waals surface area contributed by atoms with Crippen LogP contribution in [-0.2, 0) is 9.53 Å². The van der Waals surface area contributed by atoms with Crippen molar-refractivity contribution < 1.29 is 9.53 Å². The molecular formula is C9H16N6O2S. The maximum atomic E-state index is 11.0. The number of ether oxygens (including phenoxy) is 1. The highest BCUT2D eigenvalue weighted by Gasteiger charge is 2.09. The van der Waals surface area contributed by atoms with Gasteiger partial charge in [0.1, 0.15) is 0 Å². The molecule has 0 spiro atoms. The van der Waals surface area contributed by atoms with Crippen LogP contribution in [0.4, 0.5) is 11.9 Å².